The molecule has 4 rings (SSSR count). The third-order valence-electron chi connectivity index (χ3n) is 5.50. The summed E-state index contributed by atoms with van der Waals surface area (Å²) < 4.78 is 1.78. The van der Waals surface area contributed by atoms with Gasteiger partial charge in [0.15, 0.2) is 0 Å². The van der Waals surface area contributed by atoms with Crippen LogP contribution in [0.15, 0.2) is 54.6 Å². The predicted molar refractivity (Wildman–Crippen MR) is 116 cm³/mol. The van der Waals surface area contributed by atoms with E-state index in [0.29, 0.717) is 12.2 Å². The van der Waals surface area contributed by atoms with Crippen LogP contribution in [0.25, 0.3) is 16.9 Å². The molecule has 0 bridgehead atoms. The van der Waals surface area contributed by atoms with Gasteiger partial charge in [0.2, 0.25) is 0 Å². The Balaban J connectivity index is 1.63. The summed E-state index contributed by atoms with van der Waals surface area (Å²) in [5.74, 6) is -0.0844. The minimum atomic E-state index is -0.0844. The van der Waals surface area contributed by atoms with Crippen molar-refractivity contribution in [3.05, 3.63) is 71.4 Å². The van der Waals surface area contributed by atoms with E-state index < -0.39 is 0 Å². The molecule has 2 heterocycles. The van der Waals surface area contributed by atoms with Gasteiger partial charge in [0, 0.05) is 18.7 Å². The minimum absolute atomic E-state index is 0.0844. The Hall–Kier alpha value is -2.92. The first kappa shape index (κ1) is 19.4. The van der Waals surface area contributed by atoms with E-state index in [9.17, 15) is 4.79 Å². The fourth-order valence-electron chi connectivity index (χ4n) is 3.94. The van der Waals surface area contributed by atoms with Crippen molar-refractivity contribution < 1.29 is 4.79 Å². The summed E-state index contributed by atoms with van der Waals surface area (Å²) in [6.45, 7) is 7.94. The van der Waals surface area contributed by atoms with Crippen LogP contribution in [0.1, 0.15) is 34.5 Å². The molecule has 29 heavy (non-hydrogen) atoms. The van der Waals surface area contributed by atoms with E-state index >= 15 is 0 Å². The first-order valence-electron chi connectivity index (χ1n) is 10.4. The number of carbonyl (C=O) groups excluding carboxylic acids is 1. The van der Waals surface area contributed by atoms with Crippen LogP contribution in [0.3, 0.4) is 0 Å². The molecule has 0 aliphatic carbocycles. The fourth-order valence-corrected chi connectivity index (χ4v) is 3.94. The number of hydrogen-bond acceptors (Lipinski definition) is 3. The third kappa shape index (κ3) is 4.40. The van der Waals surface area contributed by atoms with Crippen LogP contribution in [0, 0.1) is 13.8 Å². The standard InChI is InChI=1S/C24H28N4O/c1-18-10-11-22(19(2)16-18)28-23(17-21(26-28)20-8-4-3-5-9-20)24(29)25-12-15-27-13-6-7-14-27/h3-5,8-11,16-17H,6-7,12-15H2,1-2H3,(H,25,29). The zero-order valence-corrected chi connectivity index (χ0v) is 17.2. The molecule has 0 radical (unpaired) electrons. The third-order valence-corrected chi connectivity index (χ3v) is 5.50. The molecule has 0 saturated carbocycles. The molecule has 1 saturated heterocycles. The van der Waals surface area contributed by atoms with Gasteiger partial charge >= 0.3 is 0 Å². The van der Waals surface area contributed by atoms with Gasteiger partial charge < -0.3 is 10.2 Å². The SMILES string of the molecule is Cc1ccc(-n2nc(-c3ccccc3)cc2C(=O)NCCN2CCCC2)c(C)c1. The highest BCUT2D eigenvalue weighted by atomic mass is 16.2. The molecule has 0 unspecified atom stereocenters. The Morgan fingerprint density at radius 1 is 1.03 bits per heavy atom. The molecular weight excluding hydrogens is 360 g/mol. The Labute approximate surface area is 172 Å². The minimum Gasteiger partial charge on any atom is -0.349 e. The maximum absolute atomic E-state index is 13.0. The maximum atomic E-state index is 13.0. The molecule has 150 valence electrons. The van der Waals surface area contributed by atoms with Crippen LogP contribution in [0.2, 0.25) is 0 Å². The van der Waals surface area contributed by atoms with Crippen LogP contribution >= 0.6 is 0 Å². The highest BCUT2D eigenvalue weighted by molar-refractivity contribution is 5.94. The van der Waals surface area contributed by atoms with Crippen molar-refractivity contribution in [3.8, 4) is 16.9 Å². The van der Waals surface area contributed by atoms with Crippen molar-refractivity contribution in [2.75, 3.05) is 26.2 Å². The topological polar surface area (TPSA) is 50.2 Å². The number of amides is 1. The molecule has 1 N–H and O–H groups in total. The second-order valence-electron chi connectivity index (χ2n) is 7.79. The van der Waals surface area contributed by atoms with Crippen molar-refractivity contribution in [1.29, 1.82) is 0 Å². The van der Waals surface area contributed by atoms with Crippen LogP contribution < -0.4 is 5.32 Å². The monoisotopic (exact) mass is 388 g/mol. The van der Waals surface area contributed by atoms with Crippen LogP contribution in [0.5, 0.6) is 0 Å². The van der Waals surface area contributed by atoms with Crippen LogP contribution in [0.4, 0.5) is 0 Å². The Kier molecular flexibility index (Phi) is 5.76. The lowest BCUT2D eigenvalue weighted by atomic mass is 10.1. The molecule has 1 fully saturated rings. The average molecular weight is 389 g/mol. The van der Waals surface area contributed by atoms with Gasteiger partial charge in [-0.05, 0) is 57.5 Å². The quantitative estimate of drug-likeness (QED) is 0.695. The zero-order chi connectivity index (χ0) is 20.2. The molecule has 1 aliphatic heterocycles. The van der Waals surface area contributed by atoms with E-state index in [4.69, 9.17) is 5.10 Å². The summed E-state index contributed by atoms with van der Waals surface area (Å²) in [7, 11) is 0. The highest BCUT2D eigenvalue weighted by Gasteiger charge is 2.19. The summed E-state index contributed by atoms with van der Waals surface area (Å²) in [6.07, 6.45) is 2.52. The van der Waals surface area contributed by atoms with E-state index in [1.165, 1.54) is 18.4 Å². The number of rotatable bonds is 6. The first-order chi connectivity index (χ1) is 14.1. The van der Waals surface area contributed by atoms with Gasteiger partial charge in [-0.25, -0.2) is 4.68 Å². The zero-order valence-electron chi connectivity index (χ0n) is 17.2. The average Bonchev–Trinajstić information content (AvgIpc) is 3.39. The second kappa shape index (κ2) is 8.62. The van der Waals surface area contributed by atoms with Gasteiger partial charge in [0.1, 0.15) is 5.69 Å². The normalized spacial score (nSPS) is 14.3. The number of likely N-dealkylation sites (tertiary alicyclic amines) is 1. The summed E-state index contributed by atoms with van der Waals surface area (Å²) in [4.78, 5) is 15.4. The van der Waals surface area contributed by atoms with Gasteiger partial charge in [-0.1, -0.05) is 48.0 Å². The number of hydrogen-bond donors (Lipinski definition) is 1. The molecule has 1 amide bonds. The van der Waals surface area contributed by atoms with Gasteiger partial charge in [0.05, 0.1) is 11.4 Å². The Bertz CT molecular complexity index is 987. The largest absolute Gasteiger partial charge is 0.349 e. The molecule has 2 aromatic carbocycles. The molecule has 5 heteroatoms. The molecule has 0 spiro atoms. The smallest absolute Gasteiger partial charge is 0.270 e. The number of nitrogens with one attached hydrogen (secondary N) is 1. The number of aromatic nitrogens is 2. The highest BCUT2D eigenvalue weighted by Crippen LogP contribution is 2.23. The van der Waals surface area contributed by atoms with Crippen molar-refractivity contribution in [2.24, 2.45) is 0 Å². The van der Waals surface area contributed by atoms with E-state index in [0.717, 1.165) is 42.1 Å². The van der Waals surface area contributed by atoms with Gasteiger partial charge in [-0.15, -0.1) is 0 Å². The number of carbonyl (C=O) groups is 1. The lowest BCUT2D eigenvalue weighted by Crippen LogP contribution is -2.34. The Morgan fingerprint density at radius 2 is 1.79 bits per heavy atom. The lowest BCUT2D eigenvalue weighted by molar-refractivity contribution is 0.0942. The maximum Gasteiger partial charge on any atom is 0.270 e. The summed E-state index contributed by atoms with van der Waals surface area (Å²) in [5.41, 5.74) is 5.59. The molecule has 0 atom stereocenters. The van der Waals surface area contributed by atoms with Crippen LogP contribution in [-0.4, -0.2) is 46.8 Å². The molecule has 3 aromatic rings. The second-order valence-corrected chi connectivity index (χ2v) is 7.79. The van der Waals surface area contributed by atoms with E-state index in [2.05, 4.69) is 36.2 Å². The number of aryl methyl sites for hydroxylation is 2. The number of benzene rings is 2. The lowest BCUT2D eigenvalue weighted by Gasteiger charge is -2.15. The van der Waals surface area contributed by atoms with E-state index in [1.807, 2.05) is 42.5 Å². The molecule has 1 aromatic heterocycles. The van der Waals surface area contributed by atoms with Gasteiger partial charge in [-0.3, -0.25) is 4.79 Å². The fraction of sp³-hybridized carbons (Fsp3) is 0.333. The van der Waals surface area contributed by atoms with Gasteiger partial charge in [-0.2, -0.15) is 5.10 Å². The van der Waals surface area contributed by atoms with E-state index in [1.54, 1.807) is 4.68 Å². The van der Waals surface area contributed by atoms with Gasteiger partial charge in [0.25, 0.3) is 5.91 Å². The molecule has 1 aliphatic rings. The Morgan fingerprint density at radius 3 is 2.52 bits per heavy atom. The van der Waals surface area contributed by atoms with Crippen molar-refractivity contribution in [1.82, 2.24) is 20.0 Å². The van der Waals surface area contributed by atoms with Crippen molar-refractivity contribution in [2.45, 2.75) is 26.7 Å². The predicted octanol–water partition coefficient (Wildman–Crippen LogP) is 3.98. The summed E-state index contributed by atoms with van der Waals surface area (Å²) in [5, 5.41) is 7.88. The van der Waals surface area contributed by atoms with E-state index in [-0.39, 0.29) is 5.91 Å². The summed E-state index contributed by atoms with van der Waals surface area (Å²) >= 11 is 0. The molecular formula is C24H28N4O. The van der Waals surface area contributed by atoms with Crippen molar-refractivity contribution in [3.63, 3.8) is 0 Å². The number of nitrogens with zero attached hydrogens (tertiary/aromatic N) is 3. The first-order valence-corrected chi connectivity index (χ1v) is 10.4. The van der Waals surface area contributed by atoms with Crippen molar-refractivity contribution >= 4 is 5.91 Å². The summed E-state index contributed by atoms with van der Waals surface area (Å²) in [6, 6.07) is 18.1. The molecule has 5 nitrogen and oxygen atoms in total. The van der Waals surface area contributed by atoms with Crippen LogP contribution in [-0.2, 0) is 0 Å².